The van der Waals surface area contributed by atoms with Crippen molar-refractivity contribution in [2.45, 2.75) is 25.9 Å². The number of benzene rings is 1. The third-order valence-electron chi connectivity index (χ3n) is 5.46. The van der Waals surface area contributed by atoms with E-state index in [2.05, 4.69) is 84.9 Å². The van der Waals surface area contributed by atoms with Crippen LogP contribution in [0.15, 0.2) is 59.9 Å². The Balaban J connectivity index is 1.21. The second-order valence-corrected chi connectivity index (χ2v) is 7.66. The summed E-state index contributed by atoms with van der Waals surface area (Å²) in [6.45, 7) is 9.78. The van der Waals surface area contributed by atoms with Crippen molar-refractivity contribution in [3.05, 3.63) is 60.4 Å². The van der Waals surface area contributed by atoms with Crippen molar-refractivity contribution >= 4 is 5.96 Å². The molecule has 6 heteroatoms. The third-order valence-corrected chi connectivity index (χ3v) is 5.46. The van der Waals surface area contributed by atoms with Crippen molar-refractivity contribution in [1.29, 1.82) is 0 Å². The minimum Gasteiger partial charge on any atom is -0.356 e. The highest BCUT2D eigenvalue weighted by Crippen LogP contribution is 2.09. The van der Waals surface area contributed by atoms with Crippen molar-refractivity contribution in [1.82, 2.24) is 25.0 Å². The van der Waals surface area contributed by atoms with Gasteiger partial charge in [0, 0.05) is 71.8 Å². The van der Waals surface area contributed by atoms with Gasteiger partial charge in [0.15, 0.2) is 5.96 Å². The SMILES string of the molecule is CN=C(NCCCCN1CCN(Cc2ccccc2)CC1)NCCn1cccc1. The number of aromatic nitrogens is 1. The van der Waals surface area contributed by atoms with Crippen LogP contribution in [-0.2, 0) is 13.1 Å². The number of hydrogen-bond acceptors (Lipinski definition) is 3. The van der Waals surface area contributed by atoms with E-state index in [1.807, 2.05) is 7.05 Å². The lowest BCUT2D eigenvalue weighted by atomic mass is 10.2. The topological polar surface area (TPSA) is 47.8 Å². The number of guanidine groups is 1. The Kier molecular flexibility index (Phi) is 9.07. The van der Waals surface area contributed by atoms with Crippen LogP contribution in [0.25, 0.3) is 0 Å². The predicted octanol–water partition coefficient (Wildman–Crippen LogP) is 2.25. The molecule has 3 rings (SSSR count). The lowest BCUT2D eigenvalue weighted by Crippen LogP contribution is -2.46. The molecule has 0 aliphatic carbocycles. The molecular weight excluding hydrogens is 360 g/mol. The first kappa shape index (κ1) is 21.4. The van der Waals surface area contributed by atoms with Crippen LogP contribution in [0.2, 0.25) is 0 Å². The normalized spacial score (nSPS) is 16.1. The van der Waals surface area contributed by atoms with Crippen molar-refractivity contribution in [3.63, 3.8) is 0 Å². The molecule has 0 atom stereocenters. The third kappa shape index (κ3) is 7.91. The molecule has 2 aromatic rings. The molecule has 158 valence electrons. The van der Waals surface area contributed by atoms with Gasteiger partial charge in [-0.25, -0.2) is 0 Å². The number of rotatable bonds is 10. The molecule has 1 saturated heterocycles. The van der Waals surface area contributed by atoms with Gasteiger partial charge in [0.1, 0.15) is 0 Å². The van der Waals surface area contributed by atoms with Gasteiger partial charge in [-0.05, 0) is 37.1 Å². The standard InChI is InChI=1S/C23H36N6/c1-24-23(26-12-16-27-14-7-8-15-27)25-11-5-6-13-28-17-19-29(20-18-28)21-22-9-3-2-4-10-22/h2-4,7-10,14-15H,5-6,11-13,16-21H2,1H3,(H2,24,25,26). The first-order valence-corrected chi connectivity index (χ1v) is 10.9. The summed E-state index contributed by atoms with van der Waals surface area (Å²) in [5.74, 6) is 0.895. The largest absolute Gasteiger partial charge is 0.356 e. The molecule has 1 aliphatic heterocycles. The van der Waals surface area contributed by atoms with Crippen LogP contribution in [0.1, 0.15) is 18.4 Å². The summed E-state index contributed by atoms with van der Waals surface area (Å²) in [4.78, 5) is 9.48. The number of piperazine rings is 1. The Labute approximate surface area is 175 Å². The molecule has 1 fully saturated rings. The van der Waals surface area contributed by atoms with E-state index in [0.29, 0.717) is 0 Å². The summed E-state index contributed by atoms with van der Waals surface area (Å²) in [5, 5.41) is 6.80. The van der Waals surface area contributed by atoms with E-state index in [4.69, 9.17) is 0 Å². The Morgan fingerprint density at radius 2 is 1.52 bits per heavy atom. The van der Waals surface area contributed by atoms with Crippen LogP contribution in [0.3, 0.4) is 0 Å². The molecule has 0 spiro atoms. The molecule has 6 nitrogen and oxygen atoms in total. The van der Waals surface area contributed by atoms with Crippen LogP contribution >= 0.6 is 0 Å². The van der Waals surface area contributed by atoms with Crippen LogP contribution < -0.4 is 10.6 Å². The Bertz CT molecular complexity index is 689. The Morgan fingerprint density at radius 3 is 2.24 bits per heavy atom. The van der Waals surface area contributed by atoms with Gasteiger partial charge in [0.25, 0.3) is 0 Å². The van der Waals surface area contributed by atoms with Gasteiger partial charge in [-0.15, -0.1) is 0 Å². The zero-order chi connectivity index (χ0) is 20.2. The molecule has 0 saturated carbocycles. The molecule has 2 N–H and O–H groups in total. The van der Waals surface area contributed by atoms with E-state index in [1.54, 1.807) is 0 Å². The Hall–Kier alpha value is -2.31. The van der Waals surface area contributed by atoms with Crippen LogP contribution in [0.4, 0.5) is 0 Å². The molecule has 0 bridgehead atoms. The minimum atomic E-state index is 0.877. The van der Waals surface area contributed by atoms with E-state index in [9.17, 15) is 0 Å². The van der Waals surface area contributed by atoms with E-state index in [-0.39, 0.29) is 0 Å². The number of nitrogens with one attached hydrogen (secondary N) is 2. The van der Waals surface area contributed by atoms with Gasteiger partial charge in [-0.1, -0.05) is 30.3 Å². The summed E-state index contributed by atoms with van der Waals surface area (Å²) in [6.07, 6.45) is 6.56. The molecule has 0 radical (unpaired) electrons. The average Bonchev–Trinajstić information content (AvgIpc) is 3.28. The smallest absolute Gasteiger partial charge is 0.191 e. The van der Waals surface area contributed by atoms with E-state index < -0.39 is 0 Å². The molecule has 0 unspecified atom stereocenters. The summed E-state index contributed by atoms with van der Waals surface area (Å²) < 4.78 is 2.17. The van der Waals surface area contributed by atoms with Gasteiger partial charge in [-0.3, -0.25) is 9.89 Å². The molecule has 1 aliphatic rings. The second-order valence-electron chi connectivity index (χ2n) is 7.66. The fourth-order valence-electron chi connectivity index (χ4n) is 3.72. The fourth-order valence-corrected chi connectivity index (χ4v) is 3.72. The van der Waals surface area contributed by atoms with Crippen molar-refractivity contribution < 1.29 is 0 Å². The fraction of sp³-hybridized carbons (Fsp3) is 0.522. The lowest BCUT2D eigenvalue weighted by Gasteiger charge is -2.34. The van der Waals surface area contributed by atoms with Gasteiger partial charge < -0.3 is 20.1 Å². The number of nitrogens with zero attached hydrogens (tertiary/aromatic N) is 4. The maximum atomic E-state index is 4.31. The minimum absolute atomic E-state index is 0.877. The summed E-state index contributed by atoms with van der Waals surface area (Å²) in [6, 6.07) is 14.9. The Morgan fingerprint density at radius 1 is 0.828 bits per heavy atom. The lowest BCUT2D eigenvalue weighted by molar-refractivity contribution is 0.126. The van der Waals surface area contributed by atoms with Crippen molar-refractivity contribution in [2.24, 2.45) is 4.99 Å². The second kappa shape index (κ2) is 12.3. The zero-order valence-electron chi connectivity index (χ0n) is 17.8. The molecule has 2 heterocycles. The van der Waals surface area contributed by atoms with Crippen LogP contribution in [-0.4, -0.2) is 73.2 Å². The monoisotopic (exact) mass is 396 g/mol. The highest BCUT2D eigenvalue weighted by atomic mass is 15.3. The van der Waals surface area contributed by atoms with E-state index >= 15 is 0 Å². The summed E-state index contributed by atoms with van der Waals surface area (Å²) in [7, 11) is 1.83. The molecular formula is C23H36N6. The van der Waals surface area contributed by atoms with E-state index in [1.165, 1.54) is 51.1 Å². The predicted molar refractivity (Wildman–Crippen MR) is 121 cm³/mol. The van der Waals surface area contributed by atoms with Gasteiger partial charge >= 0.3 is 0 Å². The number of aliphatic imine (C=N–C) groups is 1. The highest BCUT2D eigenvalue weighted by molar-refractivity contribution is 5.79. The highest BCUT2D eigenvalue weighted by Gasteiger charge is 2.16. The van der Waals surface area contributed by atoms with Gasteiger partial charge in [-0.2, -0.15) is 0 Å². The molecule has 0 amide bonds. The maximum absolute atomic E-state index is 4.31. The zero-order valence-corrected chi connectivity index (χ0v) is 17.8. The van der Waals surface area contributed by atoms with E-state index in [0.717, 1.165) is 32.1 Å². The molecule has 1 aromatic heterocycles. The van der Waals surface area contributed by atoms with Crippen LogP contribution in [0.5, 0.6) is 0 Å². The quantitative estimate of drug-likeness (QED) is 0.367. The molecule has 29 heavy (non-hydrogen) atoms. The molecule has 1 aromatic carbocycles. The maximum Gasteiger partial charge on any atom is 0.191 e. The number of unbranched alkanes of at least 4 members (excludes halogenated alkanes) is 1. The van der Waals surface area contributed by atoms with Gasteiger partial charge in [0.05, 0.1) is 0 Å². The summed E-state index contributed by atoms with van der Waals surface area (Å²) in [5.41, 5.74) is 1.42. The van der Waals surface area contributed by atoms with Crippen molar-refractivity contribution in [2.75, 3.05) is 52.9 Å². The average molecular weight is 397 g/mol. The van der Waals surface area contributed by atoms with Crippen LogP contribution in [0, 0.1) is 0 Å². The number of hydrogen-bond donors (Lipinski definition) is 2. The first-order chi connectivity index (χ1) is 14.3. The first-order valence-electron chi connectivity index (χ1n) is 10.9. The van der Waals surface area contributed by atoms with Gasteiger partial charge in [0.2, 0.25) is 0 Å². The van der Waals surface area contributed by atoms with Crippen molar-refractivity contribution in [3.8, 4) is 0 Å². The summed E-state index contributed by atoms with van der Waals surface area (Å²) >= 11 is 0.